The summed E-state index contributed by atoms with van der Waals surface area (Å²) in [5.41, 5.74) is 1.37. The molecule has 0 bridgehead atoms. The molecule has 0 saturated heterocycles. The first-order valence-corrected chi connectivity index (χ1v) is 9.41. The number of rotatable bonds is 8. The first-order chi connectivity index (χ1) is 13.2. The molecule has 0 aliphatic rings. The van der Waals surface area contributed by atoms with Crippen molar-refractivity contribution in [3.8, 4) is 11.4 Å². The SMILES string of the molecule is COCCn1c(SCC(=O)Nc2cccnc2Cl)nnc1-c1ccncc1. The van der Waals surface area contributed by atoms with Gasteiger partial charge in [0.2, 0.25) is 5.91 Å². The maximum Gasteiger partial charge on any atom is 0.234 e. The molecule has 1 N–H and O–H groups in total. The Hall–Kier alpha value is -2.49. The first kappa shape index (κ1) is 19.3. The fourth-order valence-corrected chi connectivity index (χ4v) is 3.22. The Morgan fingerprint density at radius 1 is 1.26 bits per heavy atom. The van der Waals surface area contributed by atoms with Crippen molar-refractivity contribution in [2.45, 2.75) is 11.7 Å². The van der Waals surface area contributed by atoms with Gasteiger partial charge in [-0.25, -0.2) is 4.98 Å². The topological polar surface area (TPSA) is 94.8 Å². The number of thioether (sulfide) groups is 1. The summed E-state index contributed by atoms with van der Waals surface area (Å²) in [7, 11) is 1.63. The Morgan fingerprint density at radius 2 is 2.07 bits per heavy atom. The van der Waals surface area contributed by atoms with E-state index in [1.165, 1.54) is 11.8 Å². The van der Waals surface area contributed by atoms with Crippen molar-refractivity contribution in [3.63, 3.8) is 0 Å². The largest absolute Gasteiger partial charge is 0.383 e. The minimum Gasteiger partial charge on any atom is -0.383 e. The molecule has 0 saturated carbocycles. The van der Waals surface area contributed by atoms with Crippen LogP contribution < -0.4 is 5.32 Å². The summed E-state index contributed by atoms with van der Waals surface area (Å²) in [6, 6.07) is 7.12. The number of ether oxygens (including phenoxy) is 1. The molecule has 140 valence electrons. The van der Waals surface area contributed by atoms with Gasteiger partial charge in [0.25, 0.3) is 0 Å². The number of amides is 1. The van der Waals surface area contributed by atoms with Crippen LogP contribution in [0.1, 0.15) is 0 Å². The lowest BCUT2D eigenvalue weighted by molar-refractivity contribution is -0.113. The summed E-state index contributed by atoms with van der Waals surface area (Å²) in [5.74, 6) is 0.654. The van der Waals surface area contributed by atoms with Crippen molar-refractivity contribution in [3.05, 3.63) is 48.0 Å². The van der Waals surface area contributed by atoms with Gasteiger partial charge in [-0.05, 0) is 24.3 Å². The van der Waals surface area contributed by atoms with Gasteiger partial charge < -0.3 is 10.1 Å². The predicted octanol–water partition coefficient (Wildman–Crippen LogP) is 2.77. The number of halogens is 1. The maximum absolute atomic E-state index is 12.2. The van der Waals surface area contributed by atoms with Crippen molar-refractivity contribution in [1.29, 1.82) is 0 Å². The molecule has 3 heterocycles. The van der Waals surface area contributed by atoms with Crippen LogP contribution in [0.15, 0.2) is 48.0 Å². The second kappa shape index (κ2) is 9.45. The van der Waals surface area contributed by atoms with E-state index in [2.05, 4.69) is 25.5 Å². The first-order valence-electron chi connectivity index (χ1n) is 8.04. The molecular weight excluding hydrogens is 388 g/mol. The molecule has 0 radical (unpaired) electrons. The van der Waals surface area contributed by atoms with Gasteiger partial charge in [-0.15, -0.1) is 10.2 Å². The quantitative estimate of drug-likeness (QED) is 0.455. The van der Waals surface area contributed by atoms with Crippen molar-refractivity contribution in [2.24, 2.45) is 0 Å². The standard InChI is InChI=1S/C17H17ClN6O2S/c1-26-10-9-24-16(12-4-7-19-8-5-12)22-23-17(24)27-11-14(25)21-13-3-2-6-20-15(13)18/h2-8H,9-11H2,1H3,(H,21,25). The number of pyridine rings is 2. The predicted molar refractivity (Wildman–Crippen MR) is 104 cm³/mol. The highest BCUT2D eigenvalue weighted by Crippen LogP contribution is 2.24. The minimum atomic E-state index is -0.207. The average molecular weight is 405 g/mol. The van der Waals surface area contributed by atoms with E-state index in [1.807, 2.05) is 16.7 Å². The molecule has 0 atom stereocenters. The third-order valence-electron chi connectivity index (χ3n) is 3.54. The number of carbonyl (C=O) groups excluding carboxylic acids is 1. The Morgan fingerprint density at radius 3 is 2.81 bits per heavy atom. The molecule has 3 aromatic heterocycles. The highest BCUT2D eigenvalue weighted by molar-refractivity contribution is 7.99. The lowest BCUT2D eigenvalue weighted by Gasteiger charge is -2.10. The van der Waals surface area contributed by atoms with Crippen LogP contribution >= 0.6 is 23.4 Å². The summed E-state index contributed by atoms with van der Waals surface area (Å²) in [5, 5.41) is 12.1. The summed E-state index contributed by atoms with van der Waals surface area (Å²) >= 11 is 7.25. The molecule has 10 heteroatoms. The van der Waals surface area contributed by atoms with E-state index in [4.69, 9.17) is 16.3 Å². The lowest BCUT2D eigenvalue weighted by Crippen LogP contribution is -2.15. The molecule has 0 fully saturated rings. The number of nitrogens with one attached hydrogen (secondary N) is 1. The van der Waals surface area contributed by atoms with Gasteiger partial charge in [-0.2, -0.15) is 0 Å². The second-order valence-electron chi connectivity index (χ2n) is 5.37. The zero-order chi connectivity index (χ0) is 19.1. The van der Waals surface area contributed by atoms with Gasteiger partial charge in [0.15, 0.2) is 16.1 Å². The van der Waals surface area contributed by atoms with E-state index >= 15 is 0 Å². The zero-order valence-electron chi connectivity index (χ0n) is 14.5. The number of hydrogen-bond donors (Lipinski definition) is 1. The van der Waals surface area contributed by atoms with Crippen LogP contribution in [0.4, 0.5) is 5.69 Å². The van der Waals surface area contributed by atoms with Gasteiger partial charge in [0, 0.05) is 31.3 Å². The van der Waals surface area contributed by atoms with E-state index in [1.54, 1.807) is 37.8 Å². The minimum absolute atomic E-state index is 0.159. The smallest absolute Gasteiger partial charge is 0.234 e. The van der Waals surface area contributed by atoms with Crippen LogP contribution in [0.25, 0.3) is 11.4 Å². The second-order valence-corrected chi connectivity index (χ2v) is 6.67. The highest BCUT2D eigenvalue weighted by Gasteiger charge is 2.16. The maximum atomic E-state index is 12.2. The molecule has 3 rings (SSSR count). The molecule has 3 aromatic rings. The number of carbonyl (C=O) groups is 1. The zero-order valence-corrected chi connectivity index (χ0v) is 16.1. The van der Waals surface area contributed by atoms with Crippen molar-refractivity contribution >= 4 is 35.0 Å². The van der Waals surface area contributed by atoms with E-state index < -0.39 is 0 Å². The van der Waals surface area contributed by atoms with Gasteiger partial charge in [-0.3, -0.25) is 14.3 Å². The third-order valence-corrected chi connectivity index (χ3v) is 4.81. The van der Waals surface area contributed by atoms with E-state index in [0.29, 0.717) is 29.8 Å². The van der Waals surface area contributed by atoms with Crippen molar-refractivity contribution in [2.75, 3.05) is 24.8 Å². The number of nitrogens with zero attached hydrogens (tertiary/aromatic N) is 5. The van der Waals surface area contributed by atoms with Crippen LogP contribution in [-0.4, -0.2) is 50.1 Å². The average Bonchev–Trinajstić information content (AvgIpc) is 3.10. The monoisotopic (exact) mass is 404 g/mol. The lowest BCUT2D eigenvalue weighted by atomic mass is 10.2. The fourth-order valence-electron chi connectivity index (χ4n) is 2.29. The van der Waals surface area contributed by atoms with E-state index in [-0.39, 0.29) is 16.8 Å². The van der Waals surface area contributed by atoms with Crippen LogP contribution in [0.2, 0.25) is 5.15 Å². The van der Waals surface area contributed by atoms with Crippen LogP contribution in [0.3, 0.4) is 0 Å². The van der Waals surface area contributed by atoms with E-state index in [9.17, 15) is 4.79 Å². The molecule has 27 heavy (non-hydrogen) atoms. The number of methoxy groups -OCH3 is 1. The molecule has 0 aliphatic heterocycles. The van der Waals surface area contributed by atoms with Crippen molar-refractivity contribution in [1.82, 2.24) is 24.7 Å². The Balaban J connectivity index is 1.71. The molecular formula is C17H17ClN6O2S. The van der Waals surface area contributed by atoms with E-state index in [0.717, 1.165) is 5.56 Å². The van der Waals surface area contributed by atoms with Crippen molar-refractivity contribution < 1.29 is 9.53 Å². The molecule has 1 amide bonds. The normalized spacial score (nSPS) is 10.7. The van der Waals surface area contributed by atoms with Gasteiger partial charge in [-0.1, -0.05) is 23.4 Å². The molecule has 0 unspecified atom stereocenters. The number of hydrogen-bond acceptors (Lipinski definition) is 7. The summed E-state index contributed by atoms with van der Waals surface area (Å²) in [6.45, 7) is 1.07. The summed E-state index contributed by atoms with van der Waals surface area (Å²) in [6.07, 6.45) is 4.96. The third kappa shape index (κ3) is 5.03. The highest BCUT2D eigenvalue weighted by atomic mass is 35.5. The Bertz CT molecular complexity index is 905. The van der Waals surface area contributed by atoms with Crippen LogP contribution in [-0.2, 0) is 16.1 Å². The Labute approximate surface area is 165 Å². The molecule has 0 aliphatic carbocycles. The van der Waals surface area contributed by atoms with Gasteiger partial charge in [0.1, 0.15) is 0 Å². The number of aromatic nitrogens is 5. The Kier molecular flexibility index (Phi) is 6.74. The fraction of sp³-hybridized carbons (Fsp3) is 0.235. The van der Waals surface area contributed by atoms with Gasteiger partial charge in [0.05, 0.1) is 24.6 Å². The van der Waals surface area contributed by atoms with Gasteiger partial charge >= 0.3 is 0 Å². The van der Waals surface area contributed by atoms with Crippen LogP contribution in [0, 0.1) is 0 Å². The van der Waals surface area contributed by atoms with Crippen LogP contribution in [0.5, 0.6) is 0 Å². The molecule has 0 aromatic carbocycles. The summed E-state index contributed by atoms with van der Waals surface area (Å²) in [4.78, 5) is 20.2. The molecule has 8 nitrogen and oxygen atoms in total. The molecule has 0 spiro atoms. The number of anilines is 1. The summed E-state index contributed by atoms with van der Waals surface area (Å²) < 4.78 is 7.10.